The van der Waals surface area contributed by atoms with Gasteiger partial charge in [0.05, 0.1) is 3.79 Å². The largest absolute Gasteiger partial charge is 0.329 e. The van der Waals surface area contributed by atoms with Crippen molar-refractivity contribution in [2.75, 3.05) is 13.6 Å². The Balaban J connectivity index is 2.16. The number of halogens is 1. The van der Waals surface area contributed by atoms with Crippen LogP contribution in [-0.2, 0) is 13.0 Å². The second-order valence-corrected chi connectivity index (χ2v) is 7.85. The van der Waals surface area contributed by atoms with Gasteiger partial charge in [-0.2, -0.15) is 0 Å². The summed E-state index contributed by atoms with van der Waals surface area (Å²) in [7, 11) is 2.19. The van der Waals surface area contributed by atoms with E-state index in [9.17, 15) is 0 Å². The summed E-state index contributed by atoms with van der Waals surface area (Å²) in [5, 5.41) is 2.21. The summed E-state index contributed by atoms with van der Waals surface area (Å²) >= 11 is 5.27. The van der Waals surface area contributed by atoms with E-state index < -0.39 is 0 Å². The lowest BCUT2D eigenvalue weighted by molar-refractivity contribution is 0.112. The number of rotatable bonds is 7. The van der Waals surface area contributed by atoms with E-state index in [4.69, 9.17) is 5.73 Å². The Morgan fingerprint density at radius 3 is 2.48 bits per heavy atom. The Hall–Kier alpha value is -0.680. The fourth-order valence-corrected chi connectivity index (χ4v) is 3.95. The van der Waals surface area contributed by atoms with Crippen LogP contribution in [0.3, 0.4) is 0 Å². The molecule has 1 unspecified atom stereocenters. The summed E-state index contributed by atoms with van der Waals surface area (Å²) in [6, 6.07) is 12.8. The first-order chi connectivity index (χ1) is 10.1. The zero-order valence-electron chi connectivity index (χ0n) is 12.7. The van der Waals surface area contributed by atoms with Crippen molar-refractivity contribution in [3.05, 3.63) is 56.7 Å². The van der Waals surface area contributed by atoms with Gasteiger partial charge in [0, 0.05) is 18.6 Å². The molecular formula is C17H23BrN2S. The van der Waals surface area contributed by atoms with Crippen LogP contribution >= 0.6 is 27.3 Å². The van der Waals surface area contributed by atoms with Crippen molar-refractivity contribution >= 4 is 27.3 Å². The summed E-state index contributed by atoms with van der Waals surface area (Å²) in [6.07, 6.45) is 2.03. The monoisotopic (exact) mass is 366 g/mol. The van der Waals surface area contributed by atoms with E-state index in [0.717, 1.165) is 19.4 Å². The van der Waals surface area contributed by atoms with Crippen LogP contribution in [0.2, 0.25) is 0 Å². The standard InChI is InChI=1S/C17H23BrN2S/c1-3-17(13-19,10-14-7-5-4-6-8-14)20(2)11-15-9-16(18)21-12-15/h4-9,12H,3,10-11,13,19H2,1-2H3. The van der Waals surface area contributed by atoms with E-state index in [0.29, 0.717) is 6.54 Å². The van der Waals surface area contributed by atoms with Crippen LogP contribution < -0.4 is 5.73 Å². The molecule has 2 N–H and O–H groups in total. The summed E-state index contributed by atoms with van der Waals surface area (Å²) < 4.78 is 1.18. The minimum absolute atomic E-state index is 0.00969. The molecular weight excluding hydrogens is 344 g/mol. The van der Waals surface area contributed by atoms with Crippen LogP contribution in [0.5, 0.6) is 0 Å². The average Bonchev–Trinajstić information content (AvgIpc) is 2.91. The highest BCUT2D eigenvalue weighted by Gasteiger charge is 2.31. The molecule has 1 heterocycles. The van der Waals surface area contributed by atoms with Crippen molar-refractivity contribution in [3.63, 3.8) is 0 Å². The fourth-order valence-electron chi connectivity index (χ4n) is 2.75. The molecule has 0 aliphatic heterocycles. The van der Waals surface area contributed by atoms with Crippen LogP contribution in [-0.4, -0.2) is 24.0 Å². The average molecular weight is 367 g/mol. The molecule has 1 aromatic carbocycles. The van der Waals surface area contributed by atoms with Crippen molar-refractivity contribution in [1.82, 2.24) is 4.90 Å². The van der Waals surface area contributed by atoms with Crippen LogP contribution in [0, 0.1) is 0 Å². The Bertz CT molecular complexity index is 549. The van der Waals surface area contributed by atoms with Crippen LogP contribution in [0.15, 0.2) is 45.6 Å². The second-order valence-electron chi connectivity index (χ2n) is 5.56. The molecule has 0 aliphatic carbocycles. The van der Waals surface area contributed by atoms with Gasteiger partial charge in [-0.05, 0) is 58.4 Å². The number of thiophene rings is 1. The first-order valence-corrected chi connectivity index (χ1v) is 8.95. The normalized spacial score (nSPS) is 14.3. The van der Waals surface area contributed by atoms with E-state index in [1.807, 2.05) is 0 Å². The Morgan fingerprint density at radius 2 is 1.95 bits per heavy atom. The highest BCUT2D eigenvalue weighted by atomic mass is 79.9. The van der Waals surface area contributed by atoms with Gasteiger partial charge in [0.1, 0.15) is 0 Å². The maximum Gasteiger partial charge on any atom is 0.0701 e. The number of hydrogen-bond donors (Lipinski definition) is 1. The number of likely N-dealkylation sites (N-methyl/N-ethyl adjacent to an activating group) is 1. The van der Waals surface area contributed by atoms with E-state index in [1.165, 1.54) is 14.9 Å². The molecule has 0 aliphatic rings. The lowest BCUT2D eigenvalue weighted by Gasteiger charge is -2.41. The van der Waals surface area contributed by atoms with Crippen molar-refractivity contribution in [1.29, 1.82) is 0 Å². The quantitative estimate of drug-likeness (QED) is 0.791. The molecule has 2 nitrogen and oxygen atoms in total. The number of benzene rings is 1. The smallest absolute Gasteiger partial charge is 0.0701 e. The molecule has 0 fully saturated rings. The van der Waals surface area contributed by atoms with Gasteiger partial charge in [0.25, 0.3) is 0 Å². The molecule has 21 heavy (non-hydrogen) atoms. The van der Waals surface area contributed by atoms with E-state index in [-0.39, 0.29) is 5.54 Å². The maximum atomic E-state index is 6.18. The number of nitrogens with zero attached hydrogens (tertiary/aromatic N) is 1. The minimum atomic E-state index is 0.00969. The summed E-state index contributed by atoms with van der Waals surface area (Å²) in [5.74, 6) is 0. The molecule has 2 rings (SSSR count). The topological polar surface area (TPSA) is 29.3 Å². The molecule has 0 amide bonds. The predicted octanol–water partition coefficient (Wildman–Crippen LogP) is 4.29. The molecule has 0 saturated heterocycles. The SMILES string of the molecule is CCC(CN)(Cc1ccccc1)N(C)Cc1csc(Br)c1. The first kappa shape index (κ1) is 16.7. The maximum absolute atomic E-state index is 6.18. The third kappa shape index (κ3) is 4.16. The van der Waals surface area contributed by atoms with Gasteiger partial charge in [-0.15, -0.1) is 11.3 Å². The summed E-state index contributed by atoms with van der Waals surface area (Å²) in [5.41, 5.74) is 8.88. The Kier molecular flexibility index (Phi) is 5.99. The lowest BCUT2D eigenvalue weighted by atomic mass is 9.86. The predicted molar refractivity (Wildman–Crippen MR) is 95.7 cm³/mol. The Morgan fingerprint density at radius 1 is 1.24 bits per heavy atom. The number of nitrogens with two attached hydrogens (primary N) is 1. The van der Waals surface area contributed by atoms with E-state index >= 15 is 0 Å². The minimum Gasteiger partial charge on any atom is -0.329 e. The van der Waals surface area contributed by atoms with Crippen LogP contribution in [0.1, 0.15) is 24.5 Å². The molecule has 2 aromatic rings. The summed E-state index contributed by atoms with van der Waals surface area (Å²) in [4.78, 5) is 2.41. The van der Waals surface area contributed by atoms with Crippen molar-refractivity contribution in [3.8, 4) is 0 Å². The second kappa shape index (κ2) is 7.54. The van der Waals surface area contributed by atoms with E-state index in [1.54, 1.807) is 11.3 Å². The number of hydrogen-bond acceptors (Lipinski definition) is 3. The fraction of sp³-hybridized carbons (Fsp3) is 0.412. The van der Waals surface area contributed by atoms with Gasteiger partial charge < -0.3 is 5.73 Å². The Labute approximate surface area is 140 Å². The lowest BCUT2D eigenvalue weighted by Crippen LogP contribution is -2.52. The van der Waals surface area contributed by atoms with Gasteiger partial charge in [0.15, 0.2) is 0 Å². The molecule has 0 spiro atoms. The van der Waals surface area contributed by atoms with Gasteiger partial charge in [-0.25, -0.2) is 0 Å². The molecule has 0 radical (unpaired) electrons. The molecule has 114 valence electrons. The van der Waals surface area contributed by atoms with Gasteiger partial charge in [-0.1, -0.05) is 37.3 Å². The third-order valence-corrected chi connectivity index (χ3v) is 5.82. The van der Waals surface area contributed by atoms with Crippen molar-refractivity contribution < 1.29 is 0 Å². The van der Waals surface area contributed by atoms with Crippen molar-refractivity contribution in [2.24, 2.45) is 5.73 Å². The van der Waals surface area contributed by atoms with E-state index in [2.05, 4.69) is 76.6 Å². The molecule has 0 bridgehead atoms. The highest BCUT2D eigenvalue weighted by Crippen LogP contribution is 2.27. The first-order valence-electron chi connectivity index (χ1n) is 7.28. The van der Waals surface area contributed by atoms with Crippen molar-refractivity contribution in [2.45, 2.75) is 31.8 Å². The van der Waals surface area contributed by atoms with Gasteiger partial charge in [-0.3, -0.25) is 4.90 Å². The molecule has 4 heteroatoms. The van der Waals surface area contributed by atoms with Crippen LogP contribution in [0.4, 0.5) is 0 Å². The molecule has 1 aromatic heterocycles. The molecule has 1 atom stereocenters. The molecule has 0 saturated carbocycles. The third-order valence-electron chi connectivity index (χ3n) is 4.27. The van der Waals surface area contributed by atoms with Crippen LogP contribution in [0.25, 0.3) is 0 Å². The zero-order valence-corrected chi connectivity index (χ0v) is 15.1. The van der Waals surface area contributed by atoms with Gasteiger partial charge >= 0.3 is 0 Å². The highest BCUT2D eigenvalue weighted by molar-refractivity contribution is 9.11. The van der Waals surface area contributed by atoms with Gasteiger partial charge in [0.2, 0.25) is 0 Å². The summed E-state index contributed by atoms with van der Waals surface area (Å²) in [6.45, 7) is 3.83. The zero-order chi connectivity index (χ0) is 15.3.